The number of benzene rings is 1. The van der Waals surface area contributed by atoms with E-state index in [1.54, 1.807) is 4.68 Å². The van der Waals surface area contributed by atoms with Crippen molar-refractivity contribution < 1.29 is 9.00 Å². The first kappa shape index (κ1) is 15.9. The van der Waals surface area contributed by atoms with Crippen LogP contribution < -0.4 is 5.32 Å². The molecule has 1 aliphatic rings. The number of carbonyl (C=O) groups excluding carboxylic acids is 1. The zero-order valence-electron chi connectivity index (χ0n) is 13.5. The largest absolute Gasteiger partial charge is 0.310 e. The van der Waals surface area contributed by atoms with Crippen LogP contribution in [0.5, 0.6) is 0 Å². The highest BCUT2D eigenvalue weighted by molar-refractivity contribution is 7.83. The first-order valence-corrected chi connectivity index (χ1v) is 9.40. The summed E-state index contributed by atoms with van der Waals surface area (Å²) >= 11 is 0. The van der Waals surface area contributed by atoms with Gasteiger partial charge in [-0.3, -0.25) is 9.00 Å². The first-order valence-electron chi connectivity index (χ1n) is 7.91. The van der Waals surface area contributed by atoms with Gasteiger partial charge in [0.05, 0.1) is 22.9 Å². The number of aromatic nitrogens is 2. The van der Waals surface area contributed by atoms with Gasteiger partial charge in [-0.1, -0.05) is 31.0 Å². The quantitative estimate of drug-likeness (QED) is 0.916. The number of hydrogen-bond donors (Lipinski definition) is 1. The van der Waals surface area contributed by atoms with E-state index in [4.69, 9.17) is 0 Å². The molecule has 6 heteroatoms. The number of aryl methyl sites for hydroxylation is 1. The topological polar surface area (TPSA) is 64.0 Å². The molecule has 0 fully saturated rings. The number of unbranched alkanes of at least 4 members (excludes halogenated alkanes) is 1. The Morgan fingerprint density at radius 2 is 2.04 bits per heavy atom. The Labute approximate surface area is 138 Å². The lowest BCUT2D eigenvalue weighted by Gasteiger charge is -2.11. The van der Waals surface area contributed by atoms with Gasteiger partial charge in [-0.05, 0) is 25.5 Å². The van der Waals surface area contributed by atoms with E-state index in [2.05, 4.69) is 17.3 Å². The Hall–Kier alpha value is -1.95. The minimum absolute atomic E-state index is 0.0133. The molecule has 0 bridgehead atoms. The maximum Gasteiger partial charge on any atom is 0.225 e. The Bertz CT molecular complexity index is 750. The standard InChI is InChI=1S/C17H21N3O2S/c1-3-4-5-16(21)18-17-14-10-23(22)11-15(14)19-20(17)13-8-6-12(2)7-9-13/h6-9H,3-5,10-11H2,1-2H3,(H,18,21). The highest BCUT2D eigenvalue weighted by Gasteiger charge is 2.28. The van der Waals surface area contributed by atoms with Gasteiger partial charge < -0.3 is 5.32 Å². The van der Waals surface area contributed by atoms with Gasteiger partial charge in [-0.15, -0.1) is 0 Å². The van der Waals surface area contributed by atoms with Crippen LogP contribution in [-0.4, -0.2) is 19.9 Å². The molecule has 1 aromatic carbocycles. The number of rotatable bonds is 5. The zero-order chi connectivity index (χ0) is 16.4. The molecule has 2 aromatic rings. The number of nitrogens with zero attached hydrogens (tertiary/aromatic N) is 2. The molecule has 1 aromatic heterocycles. The van der Waals surface area contributed by atoms with Crippen LogP contribution >= 0.6 is 0 Å². The van der Waals surface area contributed by atoms with E-state index in [1.165, 1.54) is 5.56 Å². The number of nitrogens with one attached hydrogen (secondary N) is 1. The van der Waals surface area contributed by atoms with Crippen molar-refractivity contribution in [1.29, 1.82) is 0 Å². The summed E-state index contributed by atoms with van der Waals surface area (Å²) < 4.78 is 13.6. The molecule has 1 aliphatic heterocycles. The Balaban J connectivity index is 1.96. The van der Waals surface area contributed by atoms with E-state index in [9.17, 15) is 9.00 Å². The van der Waals surface area contributed by atoms with E-state index in [-0.39, 0.29) is 5.91 Å². The van der Waals surface area contributed by atoms with Gasteiger partial charge in [-0.25, -0.2) is 4.68 Å². The van der Waals surface area contributed by atoms with Crippen molar-refractivity contribution in [3.8, 4) is 5.69 Å². The minimum Gasteiger partial charge on any atom is -0.310 e. The molecule has 0 saturated carbocycles. The Morgan fingerprint density at radius 3 is 2.74 bits per heavy atom. The summed E-state index contributed by atoms with van der Waals surface area (Å²) in [5.41, 5.74) is 3.81. The van der Waals surface area contributed by atoms with Crippen molar-refractivity contribution in [1.82, 2.24) is 9.78 Å². The van der Waals surface area contributed by atoms with Gasteiger partial charge >= 0.3 is 0 Å². The fourth-order valence-electron chi connectivity index (χ4n) is 2.66. The van der Waals surface area contributed by atoms with Crippen LogP contribution in [0.1, 0.15) is 43.0 Å². The summed E-state index contributed by atoms with van der Waals surface area (Å²) in [5.74, 6) is 1.59. The molecule has 5 nitrogen and oxygen atoms in total. The number of amides is 1. The second kappa shape index (κ2) is 6.66. The lowest BCUT2D eigenvalue weighted by Crippen LogP contribution is -2.16. The molecular formula is C17H21N3O2S. The van der Waals surface area contributed by atoms with Gasteiger partial charge in [0.25, 0.3) is 0 Å². The normalized spacial score (nSPS) is 16.3. The van der Waals surface area contributed by atoms with Crippen molar-refractivity contribution in [2.45, 2.75) is 44.6 Å². The SMILES string of the molecule is CCCCC(=O)Nc1c2c(nn1-c1ccc(C)cc1)CS(=O)C2. The van der Waals surface area contributed by atoms with Crippen LogP contribution in [0.2, 0.25) is 0 Å². The molecule has 0 aliphatic carbocycles. The van der Waals surface area contributed by atoms with Crippen molar-refractivity contribution >= 4 is 22.5 Å². The van der Waals surface area contributed by atoms with E-state index in [0.29, 0.717) is 23.7 Å². The molecule has 1 unspecified atom stereocenters. The van der Waals surface area contributed by atoms with Gasteiger partial charge in [0, 0.05) is 22.8 Å². The molecule has 2 heterocycles. The monoisotopic (exact) mass is 331 g/mol. The molecule has 0 radical (unpaired) electrons. The van der Waals surface area contributed by atoms with Crippen molar-refractivity contribution in [3.63, 3.8) is 0 Å². The van der Waals surface area contributed by atoms with E-state index >= 15 is 0 Å². The Morgan fingerprint density at radius 1 is 1.30 bits per heavy atom. The summed E-state index contributed by atoms with van der Waals surface area (Å²) in [4.78, 5) is 12.2. The zero-order valence-corrected chi connectivity index (χ0v) is 14.3. The smallest absolute Gasteiger partial charge is 0.225 e. The van der Waals surface area contributed by atoms with Crippen molar-refractivity contribution in [2.24, 2.45) is 0 Å². The maximum atomic E-state index is 12.2. The molecule has 0 saturated heterocycles. The first-order chi connectivity index (χ1) is 11.1. The number of carbonyl (C=O) groups is 1. The lowest BCUT2D eigenvalue weighted by atomic mass is 10.2. The van der Waals surface area contributed by atoms with Crippen LogP contribution in [0.15, 0.2) is 24.3 Å². The van der Waals surface area contributed by atoms with E-state index < -0.39 is 10.8 Å². The van der Waals surface area contributed by atoms with Crippen LogP contribution in [0, 0.1) is 6.92 Å². The highest BCUT2D eigenvalue weighted by atomic mass is 32.2. The average molecular weight is 331 g/mol. The van der Waals surface area contributed by atoms with Crippen LogP contribution in [0.3, 0.4) is 0 Å². The van der Waals surface area contributed by atoms with Gasteiger partial charge in [0.1, 0.15) is 5.82 Å². The molecule has 1 amide bonds. The van der Waals surface area contributed by atoms with Gasteiger partial charge in [-0.2, -0.15) is 5.10 Å². The van der Waals surface area contributed by atoms with Crippen LogP contribution in [0.4, 0.5) is 5.82 Å². The summed E-state index contributed by atoms with van der Waals surface area (Å²) in [6.45, 7) is 4.09. The van der Waals surface area contributed by atoms with Gasteiger partial charge in [0.15, 0.2) is 0 Å². The fraction of sp³-hybridized carbons (Fsp3) is 0.412. The minimum atomic E-state index is -0.914. The van der Waals surface area contributed by atoms with Crippen LogP contribution in [0.25, 0.3) is 5.69 Å². The van der Waals surface area contributed by atoms with Gasteiger partial charge in [0.2, 0.25) is 5.91 Å². The molecular weight excluding hydrogens is 310 g/mol. The maximum absolute atomic E-state index is 12.2. The van der Waals surface area contributed by atoms with Crippen molar-refractivity contribution in [2.75, 3.05) is 5.32 Å². The third kappa shape index (κ3) is 3.37. The Kier molecular flexibility index (Phi) is 4.61. The molecule has 1 atom stereocenters. The summed E-state index contributed by atoms with van der Waals surface area (Å²) in [6, 6.07) is 8.00. The third-order valence-corrected chi connectivity index (χ3v) is 5.17. The second-order valence-electron chi connectivity index (χ2n) is 5.90. The third-order valence-electron chi connectivity index (χ3n) is 3.96. The fourth-order valence-corrected chi connectivity index (χ4v) is 3.93. The van der Waals surface area contributed by atoms with E-state index in [0.717, 1.165) is 29.8 Å². The number of anilines is 1. The number of fused-ring (bicyclic) bond motifs is 1. The van der Waals surface area contributed by atoms with Crippen LogP contribution in [-0.2, 0) is 27.1 Å². The average Bonchev–Trinajstić information content (AvgIpc) is 3.03. The highest BCUT2D eigenvalue weighted by Crippen LogP contribution is 2.31. The molecule has 1 N–H and O–H groups in total. The lowest BCUT2D eigenvalue weighted by molar-refractivity contribution is -0.116. The second-order valence-corrected chi connectivity index (χ2v) is 7.36. The molecule has 122 valence electrons. The van der Waals surface area contributed by atoms with E-state index in [1.807, 2.05) is 31.2 Å². The summed E-state index contributed by atoms with van der Waals surface area (Å²) in [7, 11) is -0.914. The molecule has 0 spiro atoms. The van der Waals surface area contributed by atoms with Crippen molar-refractivity contribution in [3.05, 3.63) is 41.1 Å². The summed E-state index contributed by atoms with van der Waals surface area (Å²) in [6.07, 6.45) is 2.33. The summed E-state index contributed by atoms with van der Waals surface area (Å²) in [5, 5.41) is 7.57. The predicted molar refractivity (Wildman–Crippen MR) is 92.0 cm³/mol. The molecule has 23 heavy (non-hydrogen) atoms. The molecule has 3 rings (SSSR count). The predicted octanol–water partition coefficient (Wildman–Crippen LogP) is 3.07. The number of hydrogen-bond acceptors (Lipinski definition) is 3.